The zero-order valence-corrected chi connectivity index (χ0v) is 21.3. The molecule has 2 aromatic heterocycles. The molecule has 37 heavy (non-hydrogen) atoms. The molecule has 0 spiro atoms. The molecule has 2 aliphatic heterocycles. The highest BCUT2D eigenvalue weighted by atomic mass is 32.2. The number of aromatic hydroxyl groups is 1. The number of H-pyrrole nitrogens is 1. The van der Waals surface area contributed by atoms with Crippen molar-refractivity contribution in [1.29, 1.82) is 0 Å². The van der Waals surface area contributed by atoms with Gasteiger partial charge in [0.2, 0.25) is 15.9 Å². The third-order valence-corrected chi connectivity index (χ3v) is 7.85. The number of carbonyl (C=O) groups excluding carboxylic acids is 1. The zero-order chi connectivity index (χ0) is 26.0. The summed E-state index contributed by atoms with van der Waals surface area (Å²) >= 11 is 0. The first-order chi connectivity index (χ1) is 17.8. The molecule has 1 amide bonds. The first-order valence-electron chi connectivity index (χ1n) is 12.1. The van der Waals surface area contributed by atoms with Crippen molar-refractivity contribution in [3.8, 4) is 17.1 Å². The predicted molar refractivity (Wildman–Crippen MR) is 138 cm³/mol. The van der Waals surface area contributed by atoms with Crippen LogP contribution in [0.5, 0.6) is 5.75 Å². The van der Waals surface area contributed by atoms with E-state index in [9.17, 15) is 18.3 Å². The van der Waals surface area contributed by atoms with Crippen molar-refractivity contribution in [2.75, 3.05) is 63.6 Å². The van der Waals surface area contributed by atoms with E-state index in [1.807, 2.05) is 23.1 Å². The lowest BCUT2D eigenvalue weighted by Gasteiger charge is -2.28. The van der Waals surface area contributed by atoms with Crippen LogP contribution in [-0.2, 0) is 19.6 Å². The smallest absolute Gasteiger partial charge is 0.246 e. The molecule has 2 fully saturated rings. The van der Waals surface area contributed by atoms with E-state index in [-0.39, 0.29) is 23.9 Å². The van der Waals surface area contributed by atoms with Crippen molar-refractivity contribution in [2.45, 2.75) is 6.42 Å². The van der Waals surface area contributed by atoms with Crippen molar-refractivity contribution in [3.63, 3.8) is 0 Å². The lowest BCUT2D eigenvalue weighted by molar-refractivity contribution is -0.125. The van der Waals surface area contributed by atoms with E-state index in [1.54, 1.807) is 11.1 Å². The third kappa shape index (κ3) is 5.43. The maximum Gasteiger partial charge on any atom is 0.246 e. The molecule has 13 heteroatoms. The molecule has 3 aromatic rings. The van der Waals surface area contributed by atoms with Crippen molar-refractivity contribution in [1.82, 2.24) is 29.4 Å². The number of rotatable bonds is 5. The van der Waals surface area contributed by atoms with Gasteiger partial charge >= 0.3 is 0 Å². The molecule has 1 aromatic carbocycles. The molecule has 0 aliphatic carbocycles. The number of amides is 1. The predicted octanol–water partition coefficient (Wildman–Crippen LogP) is 1.07. The number of fused-ring (bicyclic) bond motifs is 1. The summed E-state index contributed by atoms with van der Waals surface area (Å²) in [7, 11) is -3.31. The Kier molecular flexibility index (Phi) is 7.09. The number of sulfonamides is 1. The summed E-state index contributed by atoms with van der Waals surface area (Å²) in [4.78, 5) is 25.8. The minimum absolute atomic E-state index is 0.117. The van der Waals surface area contributed by atoms with Gasteiger partial charge in [-0.25, -0.2) is 22.7 Å². The zero-order valence-electron chi connectivity index (χ0n) is 20.5. The third-order valence-electron chi connectivity index (χ3n) is 6.55. The Morgan fingerprint density at radius 3 is 2.70 bits per heavy atom. The lowest BCUT2D eigenvalue weighted by atomic mass is 10.1. The number of ether oxygens (including phenoxy) is 1. The molecule has 5 rings (SSSR count). The second-order valence-electron chi connectivity index (χ2n) is 9.02. The first-order valence-corrected chi connectivity index (χ1v) is 13.9. The van der Waals surface area contributed by atoms with Crippen LogP contribution in [0.2, 0.25) is 0 Å². The van der Waals surface area contributed by atoms with E-state index in [2.05, 4.69) is 15.2 Å². The molecule has 0 saturated carbocycles. The number of anilines is 1. The molecule has 12 nitrogen and oxygen atoms in total. The molecule has 2 saturated heterocycles. The average Bonchev–Trinajstić information content (AvgIpc) is 3.23. The molecule has 2 N–H and O–H groups in total. The van der Waals surface area contributed by atoms with Gasteiger partial charge < -0.3 is 19.6 Å². The molecule has 0 bridgehead atoms. The highest BCUT2D eigenvalue weighted by molar-refractivity contribution is 7.88. The number of nitrogens with zero attached hydrogens (tertiary/aromatic N) is 6. The Morgan fingerprint density at radius 1 is 1.11 bits per heavy atom. The van der Waals surface area contributed by atoms with Gasteiger partial charge in [0.05, 0.1) is 31.2 Å². The van der Waals surface area contributed by atoms with Gasteiger partial charge in [-0.3, -0.25) is 9.89 Å². The lowest BCUT2D eigenvalue weighted by Crippen LogP contribution is -2.37. The van der Waals surface area contributed by atoms with Crippen LogP contribution in [0.1, 0.15) is 12.1 Å². The molecule has 0 atom stereocenters. The van der Waals surface area contributed by atoms with Gasteiger partial charge in [-0.15, -0.1) is 0 Å². The first kappa shape index (κ1) is 25.1. The summed E-state index contributed by atoms with van der Waals surface area (Å²) in [6.07, 6.45) is 6.28. The Bertz CT molecular complexity index is 1430. The van der Waals surface area contributed by atoms with Gasteiger partial charge in [-0.2, -0.15) is 5.10 Å². The summed E-state index contributed by atoms with van der Waals surface area (Å²) in [6.45, 7) is 3.51. The highest BCUT2D eigenvalue weighted by Crippen LogP contribution is 2.34. The van der Waals surface area contributed by atoms with E-state index in [0.29, 0.717) is 64.0 Å². The maximum absolute atomic E-state index is 13.0. The Morgan fingerprint density at radius 2 is 1.92 bits per heavy atom. The Hall–Kier alpha value is -3.55. The fourth-order valence-electron chi connectivity index (χ4n) is 4.56. The number of benzene rings is 1. The largest absolute Gasteiger partial charge is 0.503 e. The molecule has 2 aliphatic rings. The number of carbonyl (C=O) groups is 1. The number of aromatic nitrogens is 4. The Labute approximate surface area is 214 Å². The van der Waals surface area contributed by atoms with E-state index in [4.69, 9.17) is 9.72 Å². The Balaban J connectivity index is 1.47. The van der Waals surface area contributed by atoms with Crippen LogP contribution in [0.15, 0.2) is 30.5 Å². The summed E-state index contributed by atoms with van der Waals surface area (Å²) in [6, 6.07) is 5.66. The van der Waals surface area contributed by atoms with Crippen LogP contribution in [0.3, 0.4) is 0 Å². The number of hydrogen-bond donors (Lipinski definition) is 2. The fraction of sp³-hybridized carbons (Fsp3) is 0.417. The van der Waals surface area contributed by atoms with Gasteiger partial charge in [0.25, 0.3) is 0 Å². The second kappa shape index (κ2) is 10.4. The standard InChI is InChI=1S/C24H29N7O5S/c1-37(34,35)31-9-3-8-29(10-11-31)21(32)7-6-20-22(33)24(30-12-14-36-15-13-30)27-23(26-20)17-4-2-5-19-18(17)16-25-28-19/h2,4-7,16,33H,3,8-15H2,1H3,(H,25,28)/b7-6+. The maximum atomic E-state index is 13.0. The average molecular weight is 528 g/mol. The topological polar surface area (TPSA) is 145 Å². The summed E-state index contributed by atoms with van der Waals surface area (Å²) < 4.78 is 30.6. The number of nitrogens with one attached hydrogen (secondary N) is 1. The fourth-order valence-corrected chi connectivity index (χ4v) is 5.43. The van der Waals surface area contributed by atoms with Crippen LogP contribution in [0.4, 0.5) is 5.82 Å². The van der Waals surface area contributed by atoms with Crippen LogP contribution >= 0.6 is 0 Å². The molecular formula is C24H29N7O5S. The van der Waals surface area contributed by atoms with E-state index < -0.39 is 10.0 Å². The quantitative estimate of drug-likeness (QED) is 0.465. The minimum atomic E-state index is -3.31. The van der Waals surface area contributed by atoms with Crippen molar-refractivity contribution < 1.29 is 23.1 Å². The number of morpholine rings is 1. The summed E-state index contributed by atoms with van der Waals surface area (Å²) in [5, 5.41) is 19.0. The van der Waals surface area contributed by atoms with Gasteiger partial charge in [-0.1, -0.05) is 12.1 Å². The van der Waals surface area contributed by atoms with Crippen molar-refractivity contribution in [3.05, 3.63) is 36.2 Å². The van der Waals surface area contributed by atoms with Crippen molar-refractivity contribution in [2.24, 2.45) is 0 Å². The van der Waals surface area contributed by atoms with Gasteiger partial charge in [0.15, 0.2) is 17.4 Å². The van der Waals surface area contributed by atoms with E-state index in [1.165, 1.54) is 22.7 Å². The van der Waals surface area contributed by atoms with Gasteiger partial charge in [0.1, 0.15) is 5.69 Å². The van der Waals surface area contributed by atoms with Crippen molar-refractivity contribution >= 4 is 38.7 Å². The van der Waals surface area contributed by atoms with E-state index >= 15 is 0 Å². The molecule has 0 unspecified atom stereocenters. The molecule has 4 heterocycles. The number of aromatic amines is 1. The molecule has 0 radical (unpaired) electrons. The summed E-state index contributed by atoms with van der Waals surface area (Å²) in [5.74, 6) is 0.379. The highest BCUT2D eigenvalue weighted by Gasteiger charge is 2.24. The van der Waals surface area contributed by atoms with E-state index in [0.717, 1.165) is 16.5 Å². The second-order valence-corrected chi connectivity index (χ2v) is 11.0. The summed E-state index contributed by atoms with van der Waals surface area (Å²) in [5.41, 5.74) is 1.79. The van der Waals surface area contributed by atoms with Gasteiger partial charge in [0, 0.05) is 56.3 Å². The number of hydrogen-bond acceptors (Lipinski definition) is 9. The minimum Gasteiger partial charge on any atom is -0.503 e. The monoisotopic (exact) mass is 527 g/mol. The van der Waals surface area contributed by atoms with Crippen LogP contribution in [-0.4, -0.2) is 108 Å². The SMILES string of the molecule is CS(=O)(=O)N1CCCN(C(=O)/C=C/c2nc(-c3cccc4[nH]ncc34)nc(N3CCOCC3)c2O)CC1. The van der Waals surface area contributed by atoms with Crippen LogP contribution in [0.25, 0.3) is 28.4 Å². The van der Waals surface area contributed by atoms with Gasteiger partial charge in [-0.05, 0) is 18.6 Å². The normalized spacial score (nSPS) is 18.0. The molecule has 196 valence electrons. The van der Waals surface area contributed by atoms with Crippen LogP contribution in [0, 0.1) is 0 Å². The molecular weight excluding hydrogens is 498 g/mol. The van der Waals surface area contributed by atoms with Crippen LogP contribution < -0.4 is 4.90 Å².